The first-order valence-electron chi connectivity index (χ1n) is 7.33. The molecular formula is C16H21IN4S. The summed E-state index contributed by atoms with van der Waals surface area (Å²) in [4.78, 5) is 4.51. The van der Waals surface area contributed by atoms with Crippen LogP contribution in [0.25, 0.3) is 0 Å². The number of halogens is 1. The lowest BCUT2D eigenvalue weighted by molar-refractivity contribution is 0.642. The Bertz CT molecular complexity index is 544. The Morgan fingerprint density at radius 2 is 2.18 bits per heavy atom. The van der Waals surface area contributed by atoms with E-state index in [1.807, 2.05) is 18.5 Å². The van der Waals surface area contributed by atoms with Crippen LogP contribution in [0.3, 0.4) is 0 Å². The van der Waals surface area contributed by atoms with Crippen LogP contribution in [0.15, 0.2) is 47.7 Å². The first-order valence-corrected chi connectivity index (χ1v) is 9.27. The standard InChI is InChI=1S/C16H21IN4S/c1-12-14(19-10-9-18-12)11-15(13-5-3-2-4-6-13)21-16(22)20-8-7-17/h2-6,9-10,12,15,18H,7-8,11H2,1H3,(H2,20,21,22). The van der Waals surface area contributed by atoms with Crippen molar-refractivity contribution < 1.29 is 0 Å². The lowest BCUT2D eigenvalue weighted by Gasteiger charge is -2.25. The Balaban J connectivity index is 2.10. The molecule has 22 heavy (non-hydrogen) atoms. The Labute approximate surface area is 151 Å². The number of rotatable bonds is 6. The van der Waals surface area contributed by atoms with Gasteiger partial charge in [0.15, 0.2) is 5.11 Å². The van der Waals surface area contributed by atoms with E-state index in [0.717, 1.165) is 23.1 Å². The zero-order valence-electron chi connectivity index (χ0n) is 12.6. The average molecular weight is 428 g/mol. The first kappa shape index (κ1) is 17.2. The number of alkyl halides is 1. The highest BCUT2D eigenvalue weighted by Gasteiger charge is 2.19. The molecule has 0 amide bonds. The van der Waals surface area contributed by atoms with E-state index in [4.69, 9.17) is 12.2 Å². The van der Waals surface area contributed by atoms with Crippen molar-refractivity contribution in [2.24, 2.45) is 4.99 Å². The number of hydrogen-bond donors (Lipinski definition) is 3. The van der Waals surface area contributed by atoms with Crippen molar-refractivity contribution in [3.8, 4) is 0 Å². The lowest BCUT2D eigenvalue weighted by atomic mass is 9.97. The van der Waals surface area contributed by atoms with Crippen LogP contribution in [0.4, 0.5) is 0 Å². The fourth-order valence-electron chi connectivity index (χ4n) is 2.27. The van der Waals surface area contributed by atoms with Crippen LogP contribution in [-0.2, 0) is 0 Å². The van der Waals surface area contributed by atoms with Gasteiger partial charge in [0.2, 0.25) is 0 Å². The molecule has 118 valence electrons. The molecule has 1 heterocycles. The SMILES string of the molecule is CC1NC=CN=C1CC(NC(=S)NCCI)c1ccccc1. The van der Waals surface area contributed by atoms with Crippen LogP contribution in [-0.4, -0.2) is 27.8 Å². The van der Waals surface area contributed by atoms with E-state index in [0.29, 0.717) is 5.11 Å². The van der Waals surface area contributed by atoms with Gasteiger partial charge < -0.3 is 16.0 Å². The Kier molecular flexibility index (Phi) is 7.11. The predicted molar refractivity (Wildman–Crippen MR) is 106 cm³/mol. The normalized spacial score (nSPS) is 18.1. The molecule has 0 radical (unpaired) electrons. The van der Waals surface area contributed by atoms with Gasteiger partial charge in [0.25, 0.3) is 0 Å². The molecule has 2 unspecified atom stereocenters. The van der Waals surface area contributed by atoms with E-state index >= 15 is 0 Å². The predicted octanol–water partition coefficient (Wildman–Crippen LogP) is 2.92. The van der Waals surface area contributed by atoms with Crippen LogP contribution in [0.5, 0.6) is 0 Å². The minimum Gasteiger partial charge on any atom is -0.382 e. The molecule has 1 aliphatic heterocycles. The topological polar surface area (TPSA) is 48.5 Å². The molecule has 0 spiro atoms. The molecular weight excluding hydrogens is 407 g/mol. The number of nitrogens with zero attached hydrogens (tertiary/aromatic N) is 1. The number of hydrogen-bond acceptors (Lipinski definition) is 3. The Morgan fingerprint density at radius 3 is 2.86 bits per heavy atom. The van der Waals surface area contributed by atoms with Gasteiger partial charge in [0.05, 0.1) is 12.1 Å². The van der Waals surface area contributed by atoms with Crippen molar-refractivity contribution in [2.75, 3.05) is 11.0 Å². The summed E-state index contributed by atoms with van der Waals surface area (Å²) in [6.07, 6.45) is 4.50. The highest BCUT2D eigenvalue weighted by Crippen LogP contribution is 2.19. The van der Waals surface area contributed by atoms with E-state index in [1.54, 1.807) is 0 Å². The lowest BCUT2D eigenvalue weighted by Crippen LogP contribution is -2.41. The van der Waals surface area contributed by atoms with Crippen molar-refractivity contribution in [1.82, 2.24) is 16.0 Å². The molecule has 0 aliphatic carbocycles. The minimum atomic E-state index is 0.116. The fourth-order valence-corrected chi connectivity index (χ4v) is 2.79. The van der Waals surface area contributed by atoms with Gasteiger partial charge in [-0.1, -0.05) is 52.9 Å². The Morgan fingerprint density at radius 1 is 1.41 bits per heavy atom. The molecule has 2 rings (SSSR count). The average Bonchev–Trinajstić information content (AvgIpc) is 2.55. The summed E-state index contributed by atoms with van der Waals surface area (Å²) in [7, 11) is 0. The second kappa shape index (κ2) is 9.09. The van der Waals surface area contributed by atoms with Gasteiger partial charge in [-0.05, 0) is 24.7 Å². The second-order valence-electron chi connectivity index (χ2n) is 5.08. The quantitative estimate of drug-likeness (QED) is 0.371. The summed E-state index contributed by atoms with van der Waals surface area (Å²) in [5.41, 5.74) is 2.34. The molecule has 1 aromatic carbocycles. The molecule has 2 atom stereocenters. The fraction of sp³-hybridized carbons (Fsp3) is 0.375. The van der Waals surface area contributed by atoms with Gasteiger partial charge in [-0.15, -0.1) is 0 Å². The van der Waals surface area contributed by atoms with Crippen molar-refractivity contribution >= 4 is 45.6 Å². The highest BCUT2D eigenvalue weighted by molar-refractivity contribution is 14.1. The highest BCUT2D eigenvalue weighted by atomic mass is 127. The molecule has 0 saturated carbocycles. The molecule has 0 fully saturated rings. The molecule has 4 nitrogen and oxygen atoms in total. The molecule has 3 N–H and O–H groups in total. The van der Waals surface area contributed by atoms with Gasteiger partial charge in [-0.3, -0.25) is 4.99 Å². The maximum atomic E-state index is 5.40. The smallest absolute Gasteiger partial charge is 0.166 e. The zero-order chi connectivity index (χ0) is 15.8. The van der Waals surface area contributed by atoms with Gasteiger partial charge in [-0.25, -0.2) is 0 Å². The van der Waals surface area contributed by atoms with Crippen molar-refractivity contribution in [3.63, 3.8) is 0 Å². The Hall–Kier alpha value is -1.15. The third-order valence-electron chi connectivity index (χ3n) is 3.46. The summed E-state index contributed by atoms with van der Waals surface area (Å²) < 4.78 is 1.02. The van der Waals surface area contributed by atoms with Gasteiger partial charge >= 0.3 is 0 Å². The largest absolute Gasteiger partial charge is 0.382 e. The molecule has 1 aliphatic rings. The summed E-state index contributed by atoms with van der Waals surface area (Å²) in [5.74, 6) is 0. The van der Waals surface area contributed by atoms with E-state index in [1.165, 1.54) is 5.56 Å². The van der Waals surface area contributed by atoms with Gasteiger partial charge in [0, 0.05) is 35.5 Å². The van der Waals surface area contributed by atoms with E-state index in [9.17, 15) is 0 Å². The maximum Gasteiger partial charge on any atom is 0.166 e. The number of thiocarbonyl (C=S) groups is 1. The summed E-state index contributed by atoms with van der Waals surface area (Å²) in [5, 5.41) is 10.6. The molecule has 0 saturated heterocycles. The number of nitrogens with one attached hydrogen (secondary N) is 3. The van der Waals surface area contributed by atoms with Crippen LogP contribution in [0, 0.1) is 0 Å². The first-order chi connectivity index (χ1) is 10.7. The summed E-state index contributed by atoms with van der Waals surface area (Å²) in [6.45, 7) is 2.99. The summed E-state index contributed by atoms with van der Waals surface area (Å²) >= 11 is 7.73. The van der Waals surface area contributed by atoms with Crippen LogP contribution in [0.2, 0.25) is 0 Å². The number of aliphatic imine (C=N–C) groups is 1. The zero-order valence-corrected chi connectivity index (χ0v) is 15.5. The van der Waals surface area contributed by atoms with Gasteiger partial charge in [-0.2, -0.15) is 0 Å². The molecule has 6 heteroatoms. The van der Waals surface area contributed by atoms with E-state index < -0.39 is 0 Å². The van der Waals surface area contributed by atoms with E-state index in [-0.39, 0.29) is 12.1 Å². The molecule has 0 bridgehead atoms. The molecule has 0 aromatic heterocycles. The van der Waals surface area contributed by atoms with Gasteiger partial charge in [0.1, 0.15) is 0 Å². The van der Waals surface area contributed by atoms with Crippen LogP contribution < -0.4 is 16.0 Å². The van der Waals surface area contributed by atoms with Crippen molar-refractivity contribution in [2.45, 2.75) is 25.4 Å². The minimum absolute atomic E-state index is 0.116. The van der Waals surface area contributed by atoms with E-state index in [2.05, 4.69) is 74.7 Å². The summed E-state index contributed by atoms with van der Waals surface area (Å²) in [6, 6.07) is 10.7. The molecule has 1 aromatic rings. The monoisotopic (exact) mass is 428 g/mol. The van der Waals surface area contributed by atoms with Crippen LogP contribution in [0.1, 0.15) is 24.9 Å². The third-order valence-corrected chi connectivity index (χ3v) is 4.26. The maximum absolute atomic E-state index is 5.40. The van der Waals surface area contributed by atoms with Crippen molar-refractivity contribution in [3.05, 3.63) is 48.3 Å². The second-order valence-corrected chi connectivity index (χ2v) is 6.57. The third kappa shape index (κ3) is 5.24. The number of benzene rings is 1. The van der Waals surface area contributed by atoms with Crippen molar-refractivity contribution in [1.29, 1.82) is 0 Å². The van der Waals surface area contributed by atoms with Crippen LogP contribution >= 0.6 is 34.8 Å².